The third kappa shape index (κ3) is 18.5. The molecule has 2 aliphatic rings. The Morgan fingerprint density at radius 3 is 1.98 bits per heavy atom. The Labute approximate surface area is 468 Å². The molecule has 2 atom stereocenters. The fourth-order valence-corrected chi connectivity index (χ4v) is 8.10. The molecule has 432 valence electrons. The number of nitrogens with zero attached hydrogens (tertiary/aromatic N) is 8. The molecule has 1 aliphatic heterocycles. The lowest BCUT2D eigenvalue weighted by Crippen LogP contribution is -2.70. The van der Waals surface area contributed by atoms with E-state index in [4.69, 9.17) is 28.5 Å². The van der Waals surface area contributed by atoms with Gasteiger partial charge in [-0.1, -0.05) is 65.8 Å². The Balaban J connectivity index is 1.19. The summed E-state index contributed by atoms with van der Waals surface area (Å²) in [5.74, 6) is -2.31. The number of thiazole rings is 1. The number of carbonyl (C=O) groups is 7. The van der Waals surface area contributed by atoms with Crippen LogP contribution in [0.15, 0.2) is 82.4 Å². The second-order valence-corrected chi connectivity index (χ2v) is 23.8. The van der Waals surface area contributed by atoms with Crippen molar-refractivity contribution in [3.63, 3.8) is 0 Å². The molecule has 4 N–H and O–H groups in total. The summed E-state index contributed by atoms with van der Waals surface area (Å²) in [6.07, 6.45) is -1.98. The first-order valence-electron chi connectivity index (χ1n) is 25.9. The summed E-state index contributed by atoms with van der Waals surface area (Å²) in [5.41, 5.74) is -3.67. The van der Waals surface area contributed by atoms with Crippen molar-refractivity contribution in [3.8, 4) is 0 Å². The number of oxime groups is 1. The van der Waals surface area contributed by atoms with Gasteiger partial charge >= 0.3 is 30.3 Å². The highest BCUT2D eigenvalue weighted by Gasteiger charge is 2.57. The Hall–Kier alpha value is -8.16. The van der Waals surface area contributed by atoms with Crippen molar-refractivity contribution in [1.82, 2.24) is 45.7 Å². The SMILES string of the molecule is CN(Cc1cnn(C[C@@H]2NC(=O)[C@H]2NC(=O)C(=NOC2(C(=O)OC(c3ccccc3)c3ccccc3)CC2)c2csc(NC(=O)OC(C)(C)C)n2)n1)C(=NC(=O)OC(C)(C)C)N(CCCNC(=O)OC(C)(C)C)C(=O)OC(C)(C)C. The zero-order valence-electron chi connectivity index (χ0n) is 47.4. The Kier molecular flexibility index (Phi) is 19.3. The average molecular weight is 1130 g/mol. The van der Waals surface area contributed by atoms with Crippen molar-refractivity contribution in [2.75, 3.05) is 25.5 Å². The van der Waals surface area contributed by atoms with Crippen molar-refractivity contribution in [1.29, 1.82) is 0 Å². The van der Waals surface area contributed by atoms with Gasteiger partial charge in [0.1, 0.15) is 39.8 Å². The van der Waals surface area contributed by atoms with Crippen LogP contribution in [0.5, 0.6) is 0 Å². The largest absolute Gasteiger partial charge is 0.450 e. The maximum Gasteiger partial charge on any atom is 0.437 e. The molecule has 2 fully saturated rings. The van der Waals surface area contributed by atoms with Crippen LogP contribution in [0.4, 0.5) is 24.3 Å². The molecule has 0 bridgehead atoms. The molecule has 1 saturated heterocycles. The molecule has 2 aromatic carbocycles. The summed E-state index contributed by atoms with van der Waals surface area (Å²) in [4.78, 5) is 112. The van der Waals surface area contributed by atoms with Gasteiger partial charge in [-0.25, -0.2) is 33.9 Å². The van der Waals surface area contributed by atoms with Gasteiger partial charge in [-0.05, 0) is 101 Å². The van der Waals surface area contributed by atoms with Crippen LogP contribution in [-0.4, -0.2) is 144 Å². The van der Waals surface area contributed by atoms with Gasteiger partial charge in [-0.15, -0.1) is 16.3 Å². The maximum absolute atomic E-state index is 14.3. The second kappa shape index (κ2) is 25.3. The first kappa shape index (κ1) is 61.1. The molecule has 1 saturated carbocycles. The van der Waals surface area contributed by atoms with Crippen molar-refractivity contribution >= 4 is 70.3 Å². The summed E-state index contributed by atoms with van der Waals surface area (Å²) >= 11 is 0.967. The summed E-state index contributed by atoms with van der Waals surface area (Å²) in [6.45, 7) is 20.3. The van der Waals surface area contributed by atoms with Crippen LogP contribution in [0.1, 0.15) is 131 Å². The number of amides is 6. The van der Waals surface area contributed by atoms with Crippen molar-refractivity contribution in [3.05, 3.63) is 94.8 Å². The minimum Gasteiger partial charge on any atom is -0.450 e. The smallest absolute Gasteiger partial charge is 0.437 e. The number of hydrogen-bond acceptors (Lipinski definition) is 18. The number of aliphatic imine (C=N–C) groups is 1. The van der Waals surface area contributed by atoms with Crippen LogP contribution < -0.4 is 21.3 Å². The van der Waals surface area contributed by atoms with E-state index < -0.39 is 94.1 Å². The van der Waals surface area contributed by atoms with Gasteiger partial charge in [-0.2, -0.15) is 15.0 Å². The number of benzene rings is 2. The average Bonchev–Trinajstić information content (AvgIpc) is 3.82. The number of guanidine groups is 1. The van der Waals surface area contributed by atoms with E-state index in [1.807, 2.05) is 60.7 Å². The minimum absolute atomic E-state index is 0.0451. The topological polar surface area (TPSA) is 298 Å². The van der Waals surface area contributed by atoms with E-state index >= 15 is 0 Å². The number of ether oxygens (including phenoxy) is 5. The van der Waals surface area contributed by atoms with E-state index in [-0.39, 0.29) is 62.2 Å². The number of esters is 1. The van der Waals surface area contributed by atoms with Gasteiger partial charge in [0.2, 0.25) is 17.5 Å². The standard InChI is InChI=1S/C54H72N12O13S/c1-50(2,3)75-46(70)55-27-20-28-65(49(73)78-53(10,11)12)45(61-48(72)77-52(7,8)9)64(13)30-35-29-56-66(62-35)31-36-38(41(67)57-36)59-42(68)39(37-32-80-44(58-37)60-47(71)76-51(4,5)6)63-79-54(25-26-54)43(69)74-40(33-21-16-14-17-22-33)34-23-18-15-19-24-34/h14-19,21-24,29,32,36,38,40H,20,25-28,30-31H2,1-13H3,(H,55,70)(H,57,67)(H,59,68)(H,58,60,71)/t36-,38-/m0/s1. The monoisotopic (exact) mass is 1130 g/mol. The van der Waals surface area contributed by atoms with E-state index in [0.29, 0.717) is 5.69 Å². The van der Waals surface area contributed by atoms with E-state index in [2.05, 4.69) is 46.6 Å². The van der Waals surface area contributed by atoms with Crippen LogP contribution >= 0.6 is 11.3 Å². The van der Waals surface area contributed by atoms with Gasteiger partial charge < -0.3 is 49.4 Å². The fraction of sp³-hybridized carbons (Fsp3) is 0.519. The number of alkyl carbamates (subject to hydrolysis) is 1. The molecule has 1 aliphatic carbocycles. The van der Waals surface area contributed by atoms with Gasteiger partial charge in [0, 0.05) is 38.4 Å². The van der Waals surface area contributed by atoms with Crippen LogP contribution in [0, 0.1) is 0 Å². The zero-order valence-corrected chi connectivity index (χ0v) is 48.2. The highest BCUT2D eigenvalue weighted by atomic mass is 32.1. The molecule has 0 unspecified atom stereocenters. The molecule has 6 rings (SSSR count). The first-order chi connectivity index (χ1) is 37.4. The summed E-state index contributed by atoms with van der Waals surface area (Å²) < 4.78 is 28.1. The Bertz CT molecular complexity index is 2880. The number of aromatic nitrogens is 4. The van der Waals surface area contributed by atoms with Crippen molar-refractivity contribution in [2.45, 2.75) is 162 Å². The zero-order chi connectivity index (χ0) is 58.8. The molecule has 3 heterocycles. The maximum atomic E-state index is 14.3. The Morgan fingerprint density at radius 2 is 1.41 bits per heavy atom. The highest BCUT2D eigenvalue weighted by molar-refractivity contribution is 7.14. The van der Waals surface area contributed by atoms with E-state index in [1.165, 1.54) is 21.3 Å². The lowest BCUT2D eigenvalue weighted by Gasteiger charge is -2.36. The molecule has 0 radical (unpaired) electrons. The normalized spacial score (nSPS) is 16.2. The molecule has 2 aromatic heterocycles. The number of carbonyl (C=O) groups excluding carboxylic acids is 7. The number of anilines is 1. The van der Waals surface area contributed by atoms with Gasteiger partial charge in [-0.3, -0.25) is 14.9 Å². The lowest BCUT2D eigenvalue weighted by molar-refractivity contribution is -0.164. The number of hydrogen-bond donors (Lipinski definition) is 4. The van der Waals surface area contributed by atoms with Crippen LogP contribution in [0.2, 0.25) is 0 Å². The molecular weight excluding hydrogens is 1060 g/mol. The minimum atomic E-state index is -1.55. The van der Waals surface area contributed by atoms with E-state index in [1.54, 1.807) is 90.1 Å². The van der Waals surface area contributed by atoms with Crippen LogP contribution in [-0.2, 0) is 56.0 Å². The van der Waals surface area contributed by atoms with Gasteiger partial charge in [0.15, 0.2) is 16.9 Å². The lowest BCUT2D eigenvalue weighted by atomic mass is 9.98. The quantitative estimate of drug-likeness (QED) is 0.0145. The number of nitrogens with one attached hydrogen (secondary N) is 4. The van der Waals surface area contributed by atoms with Crippen LogP contribution in [0.25, 0.3) is 0 Å². The van der Waals surface area contributed by atoms with Crippen molar-refractivity contribution in [2.24, 2.45) is 10.1 Å². The molecule has 6 amide bonds. The Morgan fingerprint density at radius 1 is 0.825 bits per heavy atom. The highest BCUT2D eigenvalue weighted by Crippen LogP contribution is 2.43. The predicted octanol–water partition coefficient (Wildman–Crippen LogP) is 7.23. The van der Waals surface area contributed by atoms with E-state index in [0.717, 1.165) is 27.4 Å². The van der Waals surface area contributed by atoms with Gasteiger partial charge in [0.05, 0.1) is 25.3 Å². The summed E-state index contributed by atoms with van der Waals surface area (Å²) in [6, 6.07) is 16.5. The summed E-state index contributed by atoms with van der Waals surface area (Å²) in [7, 11) is 1.57. The molecular formula is C54H72N12O13S. The van der Waals surface area contributed by atoms with Crippen LogP contribution in [0.3, 0.4) is 0 Å². The van der Waals surface area contributed by atoms with Crippen molar-refractivity contribution < 1.29 is 62.1 Å². The fourth-order valence-electron chi connectivity index (χ4n) is 7.42. The number of β-lactam (4-membered cyclic amide) rings is 1. The molecule has 25 nitrogen and oxygen atoms in total. The number of rotatable bonds is 18. The molecule has 80 heavy (non-hydrogen) atoms. The van der Waals surface area contributed by atoms with Gasteiger partial charge in [0.25, 0.3) is 5.91 Å². The molecule has 26 heteroatoms. The second-order valence-electron chi connectivity index (χ2n) is 22.9. The molecule has 4 aromatic rings. The van der Waals surface area contributed by atoms with E-state index in [9.17, 15) is 33.6 Å². The molecule has 0 spiro atoms. The third-order valence-electron chi connectivity index (χ3n) is 11.0. The predicted molar refractivity (Wildman–Crippen MR) is 293 cm³/mol. The third-order valence-corrected chi connectivity index (χ3v) is 11.8. The first-order valence-corrected chi connectivity index (χ1v) is 26.8. The summed E-state index contributed by atoms with van der Waals surface area (Å²) in [5, 5.41) is 25.3.